The van der Waals surface area contributed by atoms with Crippen molar-refractivity contribution in [3.05, 3.63) is 11.6 Å². The first-order valence-electron chi connectivity index (χ1n) is 10.6. The molecule has 4 aliphatic carbocycles. The van der Waals surface area contributed by atoms with Crippen molar-refractivity contribution >= 4 is 0 Å². The van der Waals surface area contributed by atoms with Gasteiger partial charge in [-0.2, -0.15) is 0 Å². The van der Waals surface area contributed by atoms with Crippen molar-refractivity contribution in [1.29, 1.82) is 0 Å². The normalized spacial score (nSPS) is 54.0. The van der Waals surface area contributed by atoms with Crippen molar-refractivity contribution in [2.75, 3.05) is 0 Å². The van der Waals surface area contributed by atoms with Crippen molar-refractivity contribution in [3.8, 4) is 0 Å². The first kappa shape index (κ1) is 17.1. The molecule has 0 bridgehead atoms. The average molecular weight is 331 g/mol. The Morgan fingerprint density at radius 2 is 1.75 bits per heavy atom. The van der Waals surface area contributed by atoms with Crippen LogP contribution in [0.25, 0.3) is 0 Å². The van der Waals surface area contributed by atoms with Gasteiger partial charge in [0.15, 0.2) is 0 Å². The minimum absolute atomic E-state index is 0.377. The van der Waals surface area contributed by atoms with E-state index in [0.29, 0.717) is 10.8 Å². The van der Waals surface area contributed by atoms with Crippen molar-refractivity contribution < 1.29 is 5.11 Å². The molecule has 0 amide bonds. The molecule has 0 heterocycles. The average Bonchev–Trinajstić information content (AvgIpc) is 2.85. The smallest absolute Gasteiger partial charge is 0.0657 e. The zero-order valence-corrected chi connectivity index (χ0v) is 16.6. The molecule has 0 aromatic carbocycles. The van der Waals surface area contributed by atoms with E-state index in [0.717, 1.165) is 42.4 Å². The Morgan fingerprint density at radius 3 is 2.46 bits per heavy atom. The molecule has 4 aliphatic rings. The fourth-order valence-electron chi connectivity index (χ4n) is 7.94. The summed E-state index contributed by atoms with van der Waals surface area (Å²) >= 11 is 0. The van der Waals surface area contributed by atoms with Gasteiger partial charge in [-0.15, -0.1) is 0 Å². The Hall–Kier alpha value is -0.300. The van der Waals surface area contributed by atoms with Crippen molar-refractivity contribution in [2.24, 2.45) is 40.4 Å². The fourth-order valence-corrected chi connectivity index (χ4v) is 7.94. The molecule has 0 aliphatic heterocycles. The molecule has 0 spiro atoms. The fraction of sp³-hybridized carbons (Fsp3) is 0.913. The molecular weight excluding hydrogens is 292 g/mol. The standard InChI is InChI=1S/C23H38O/c1-15(2)18-8-9-19-17-7-6-16-14-21(3,24)12-13-22(16,4)20(17)10-11-23(18,19)5/h6,15,17-20,24H,7-14H2,1-5H3. The van der Waals surface area contributed by atoms with E-state index in [9.17, 15) is 5.11 Å². The Morgan fingerprint density at radius 1 is 1.00 bits per heavy atom. The van der Waals surface area contributed by atoms with E-state index >= 15 is 0 Å². The lowest BCUT2D eigenvalue weighted by atomic mass is 9.46. The van der Waals surface area contributed by atoms with Crippen molar-refractivity contribution in [1.82, 2.24) is 0 Å². The van der Waals surface area contributed by atoms with E-state index in [-0.39, 0.29) is 0 Å². The van der Waals surface area contributed by atoms with E-state index in [1.165, 1.54) is 38.5 Å². The SMILES string of the molecule is CC(C)C1CCC2C3CC=C4CC(C)(O)CCC4(C)C3CCC12C. The van der Waals surface area contributed by atoms with Gasteiger partial charge >= 0.3 is 0 Å². The molecule has 24 heavy (non-hydrogen) atoms. The summed E-state index contributed by atoms with van der Waals surface area (Å²) in [6.45, 7) is 12.1. The lowest BCUT2D eigenvalue weighted by Gasteiger charge is -2.59. The molecule has 0 radical (unpaired) electrons. The highest BCUT2D eigenvalue weighted by molar-refractivity contribution is 5.26. The minimum Gasteiger partial charge on any atom is -0.390 e. The summed E-state index contributed by atoms with van der Waals surface area (Å²) in [5, 5.41) is 10.6. The van der Waals surface area contributed by atoms with Gasteiger partial charge in [-0.05, 0) is 98.7 Å². The van der Waals surface area contributed by atoms with Crippen LogP contribution in [0.3, 0.4) is 0 Å². The van der Waals surface area contributed by atoms with Crippen LogP contribution in [0.5, 0.6) is 0 Å². The Balaban J connectivity index is 1.65. The van der Waals surface area contributed by atoms with E-state index in [1.54, 1.807) is 5.57 Å². The zero-order chi connectivity index (χ0) is 17.3. The molecule has 7 unspecified atom stereocenters. The molecular formula is C23H38O. The zero-order valence-electron chi connectivity index (χ0n) is 16.6. The minimum atomic E-state index is -0.461. The third-order valence-corrected chi connectivity index (χ3v) is 9.26. The second kappa shape index (κ2) is 5.35. The van der Waals surface area contributed by atoms with Crippen LogP contribution in [0, 0.1) is 40.4 Å². The van der Waals surface area contributed by atoms with Crippen LogP contribution in [0.1, 0.15) is 86.0 Å². The maximum Gasteiger partial charge on any atom is 0.0657 e. The van der Waals surface area contributed by atoms with Gasteiger partial charge in [0, 0.05) is 0 Å². The van der Waals surface area contributed by atoms with E-state index in [4.69, 9.17) is 0 Å². The first-order chi connectivity index (χ1) is 11.2. The monoisotopic (exact) mass is 330 g/mol. The predicted octanol–water partition coefficient (Wildman–Crippen LogP) is 5.97. The largest absolute Gasteiger partial charge is 0.390 e. The summed E-state index contributed by atoms with van der Waals surface area (Å²) in [6, 6.07) is 0. The number of aliphatic hydroxyl groups is 1. The molecule has 0 saturated heterocycles. The van der Waals surface area contributed by atoms with Gasteiger partial charge in [-0.3, -0.25) is 0 Å². The van der Waals surface area contributed by atoms with Gasteiger partial charge in [0.1, 0.15) is 0 Å². The highest BCUT2D eigenvalue weighted by atomic mass is 16.3. The maximum absolute atomic E-state index is 10.6. The molecule has 0 aromatic rings. The lowest BCUT2D eigenvalue weighted by Crippen LogP contribution is -2.52. The lowest BCUT2D eigenvalue weighted by molar-refractivity contribution is -0.0694. The van der Waals surface area contributed by atoms with Crippen LogP contribution < -0.4 is 0 Å². The van der Waals surface area contributed by atoms with Crippen LogP contribution in [-0.2, 0) is 0 Å². The van der Waals surface area contributed by atoms with E-state index in [1.807, 2.05) is 6.92 Å². The summed E-state index contributed by atoms with van der Waals surface area (Å²) in [5.74, 6) is 4.50. The highest BCUT2D eigenvalue weighted by Gasteiger charge is 2.59. The van der Waals surface area contributed by atoms with Gasteiger partial charge in [0.25, 0.3) is 0 Å². The van der Waals surface area contributed by atoms with Crippen LogP contribution in [-0.4, -0.2) is 10.7 Å². The summed E-state index contributed by atoms with van der Waals surface area (Å²) in [4.78, 5) is 0. The van der Waals surface area contributed by atoms with Gasteiger partial charge in [0.2, 0.25) is 0 Å². The van der Waals surface area contributed by atoms with Gasteiger partial charge in [-0.25, -0.2) is 0 Å². The van der Waals surface area contributed by atoms with Crippen LogP contribution >= 0.6 is 0 Å². The van der Waals surface area contributed by atoms with Crippen molar-refractivity contribution in [2.45, 2.75) is 91.6 Å². The van der Waals surface area contributed by atoms with Crippen LogP contribution in [0.4, 0.5) is 0 Å². The second-order valence-corrected chi connectivity index (χ2v) is 10.9. The maximum atomic E-state index is 10.6. The Labute approximate surface area is 149 Å². The molecule has 1 nitrogen and oxygen atoms in total. The molecule has 136 valence electrons. The molecule has 7 atom stereocenters. The van der Waals surface area contributed by atoms with Gasteiger partial charge < -0.3 is 5.11 Å². The second-order valence-electron chi connectivity index (χ2n) is 10.9. The number of fused-ring (bicyclic) bond motifs is 5. The van der Waals surface area contributed by atoms with Gasteiger partial charge in [-0.1, -0.05) is 39.3 Å². The predicted molar refractivity (Wildman–Crippen MR) is 101 cm³/mol. The molecule has 1 N–H and O–H groups in total. The summed E-state index contributed by atoms with van der Waals surface area (Å²) in [6.07, 6.45) is 12.8. The number of hydrogen-bond donors (Lipinski definition) is 1. The quantitative estimate of drug-likeness (QED) is 0.587. The summed E-state index contributed by atoms with van der Waals surface area (Å²) in [7, 11) is 0. The Kier molecular flexibility index (Phi) is 3.82. The number of allylic oxidation sites excluding steroid dienone is 1. The van der Waals surface area contributed by atoms with Crippen LogP contribution in [0.15, 0.2) is 11.6 Å². The van der Waals surface area contributed by atoms with E-state index in [2.05, 4.69) is 33.8 Å². The summed E-state index contributed by atoms with van der Waals surface area (Å²) in [5.41, 5.74) is 2.11. The highest BCUT2D eigenvalue weighted by Crippen LogP contribution is 2.67. The first-order valence-corrected chi connectivity index (χ1v) is 10.6. The van der Waals surface area contributed by atoms with Crippen LogP contribution in [0.2, 0.25) is 0 Å². The molecule has 3 fully saturated rings. The topological polar surface area (TPSA) is 20.2 Å². The van der Waals surface area contributed by atoms with Crippen molar-refractivity contribution in [3.63, 3.8) is 0 Å². The third kappa shape index (κ3) is 2.29. The molecule has 3 saturated carbocycles. The summed E-state index contributed by atoms with van der Waals surface area (Å²) < 4.78 is 0. The third-order valence-electron chi connectivity index (χ3n) is 9.26. The molecule has 1 heteroatoms. The molecule has 4 rings (SSSR count). The van der Waals surface area contributed by atoms with Gasteiger partial charge in [0.05, 0.1) is 5.60 Å². The van der Waals surface area contributed by atoms with E-state index < -0.39 is 5.60 Å². The number of rotatable bonds is 1. The Bertz CT molecular complexity index is 544. The number of hydrogen-bond acceptors (Lipinski definition) is 1. The molecule has 0 aromatic heterocycles.